The van der Waals surface area contributed by atoms with Crippen LogP contribution in [-0.2, 0) is 39.6 Å². The molecule has 0 radical (unpaired) electrons. The van der Waals surface area contributed by atoms with E-state index in [4.69, 9.17) is 15.5 Å². The van der Waals surface area contributed by atoms with Crippen molar-refractivity contribution in [1.82, 2.24) is 14.5 Å². The molecule has 10 heteroatoms. The first-order valence-corrected chi connectivity index (χ1v) is 12.3. The summed E-state index contributed by atoms with van der Waals surface area (Å²) in [7, 11) is 0. The van der Waals surface area contributed by atoms with Gasteiger partial charge in [0.15, 0.2) is 5.60 Å². The van der Waals surface area contributed by atoms with Gasteiger partial charge in [-0.25, -0.2) is 14.2 Å². The lowest BCUT2D eigenvalue weighted by molar-refractivity contribution is -0.172. The lowest BCUT2D eigenvalue weighted by atomic mass is 9.86. The molecular formula is C27H29FN4O5. The first kappa shape index (κ1) is 25.0. The summed E-state index contributed by atoms with van der Waals surface area (Å²) in [5, 5.41) is 11.8. The van der Waals surface area contributed by atoms with Gasteiger partial charge in [0.2, 0.25) is 5.91 Å². The van der Waals surface area contributed by atoms with Crippen LogP contribution in [0.3, 0.4) is 0 Å². The molecule has 0 bridgehead atoms. The minimum atomic E-state index is -1.95. The number of aliphatic hydroxyl groups is 1. The number of benzene rings is 1. The number of nitrogens with zero attached hydrogens (tertiary/aromatic N) is 3. The van der Waals surface area contributed by atoms with Crippen molar-refractivity contribution in [2.45, 2.75) is 65.5 Å². The number of amides is 1. The summed E-state index contributed by atoms with van der Waals surface area (Å²) in [5.41, 5.74) is 6.92. The van der Waals surface area contributed by atoms with Crippen molar-refractivity contribution in [3.63, 3.8) is 0 Å². The van der Waals surface area contributed by atoms with Crippen molar-refractivity contribution >= 4 is 22.8 Å². The van der Waals surface area contributed by atoms with Crippen LogP contribution in [0, 0.1) is 12.7 Å². The van der Waals surface area contributed by atoms with Gasteiger partial charge < -0.3 is 25.0 Å². The van der Waals surface area contributed by atoms with Gasteiger partial charge >= 0.3 is 5.97 Å². The SMILES string of the molecule is CC[C@@]1(O)C(=O)OCc2c1cc1n(c2=O)Cc2c-1nc1cc(F)c(C)cc1c2CN(C(=O)CN)C(C)C. The van der Waals surface area contributed by atoms with E-state index in [0.29, 0.717) is 27.9 Å². The molecule has 3 N–H and O–H groups in total. The first-order chi connectivity index (χ1) is 17.5. The second-order valence-corrected chi connectivity index (χ2v) is 9.96. The van der Waals surface area contributed by atoms with E-state index in [9.17, 15) is 23.9 Å². The average molecular weight is 509 g/mol. The summed E-state index contributed by atoms with van der Waals surface area (Å²) in [5.74, 6) is -1.46. The number of halogens is 1. The number of hydrogen-bond donors (Lipinski definition) is 2. The molecule has 0 fully saturated rings. The number of aryl methyl sites for hydroxylation is 1. The Morgan fingerprint density at radius 3 is 2.68 bits per heavy atom. The van der Waals surface area contributed by atoms with Crippen molar-refractivity contribution in [3.05, 3.63) is 62.2 Å². The Hall–Kier alpha value is -3.63. The molecule has 2 aliphatic rings. The molecule has 5 rings (SSSR count). The van der Waals surface area contributed by atoms with Crippen molar-refractivity contribution in [1.29, 1.82) is 0 Å². The number of carbonyl (C=O) groups excluding carboxylic acids is 2. The molecule has 0 spiro atoms. The van der Waals surface area contributed by atoms with Crippen molar-refractivity contribution in [3.8, 4) is 11.4 Å². The number of aromatic nitrogens is 2. The summed E-state index contributed by atoms with van der Waals surface area (Å²) >= 11 is 0. The molecule has 1 aromatic carbocycles. The van der Waals surface area contributed by atoms with Crippen LogP contribution in [0.1, 0.15) is 55.0 Å². The highest BCUT2D eigenvalue weighted by atomic mass is 19.1. The fraction of sp³-hybridized carbons (Fsp3) is 0.407. The molecule has 4 heterocycles. The van der Waals surface area contributed by atoms with Gasteiger partial charge in [0.1, 0.15) is 12.4 Å². The summed E-state index contributed by atoms with van der Waals surface area (Å²) in [6.45, 7) is 7.05. The highest BCUT2D eigenvalue weighted by Crippen LogP contribution is 2.41. The van der Waals surface area contributed by atoms with E-state index in [1.165, 1.54) is 10.6 Å². The number of rotatable bonds is 5. The number of cyclic esters (lactones) is 1. The average Bonchev–Trinajstić information content (AvgIpc) is 3.23. The van der Waals surface area contributed by atoms with Crippen molar-refractivity contribution in [2.24, 2.45) is 5.73 Å². The van der Waals surface area contributed by atoms with Gasteiger partial charge in [0, 0.05) is 35.2 Å². The molecule has 37 heavy (non-hydrogen) atoms. The van der Waals surface area contributed by atoms with E-state index in [1.54, 1.807) is 30.9 Å². The highest BCUT2D eigenvalue weighted by molar-refractivity contribution is 5.90. The zero-order chi connectivity index (χ0) is 26.8. The standard InChI is InChI=1S/C27H29FN4O5/c1-5-27(36)19-7-22-24-17(11-32(22)25(34)18(19)12-37-26(27)35)16(10-31(13(2)3)23(33)9-29)15-6-14(4)20(28)8-21(15)30-24/h6-8,13,36H,5,9-12,29H2,1-4H3/t27-/m0/s1. The van der Waals surface area contributed by atoms with Crippen LogP contribution in [-0.4, -0.2) is 44.0 Å². The third-order valence-electron chi connectivity index (χ3n) is 7.53. The molecule has 3 aromatic rings. The number of nitrogens with two attached hydrogens (primary N) is 1. The van der Waals surface area contributed by atoms with Gasteiger partial charge in [-0.15, -0.1) is 0 Å². The molecule has 2 aliphatic heterocycles. The number of pyridine rings is 2. The predicted molar refractivity (Wildman–Crippen MR) is 134 cm³/mol. The second kappa shape index (κ2) is 8.74. The number of carbonyl (C=O) groups is 2. The minimum Gasteiger partial charge on any atom is -0.458 e. The van der Waals surface area contributed by atoms with Crippen molar-refractivity contribution < 1.29 is 23.8 Å². The zero-order valence-electron chi connectivity index (χ0n) is 21.2. The van der Waals surface area contributed by atoms with E-state index in [2.05, 4.69) is 0 Å². The number of esters is 1. The fourth-order valence-electron chi connectivity index (χ4n) is 5.32. The topological polar surface area (TPSA) is 128 Å². The zero-order valence-corrected chi connectivity index (χ0v) is 21.2. The number of fused-ring (bicyclic) bond motifs is 5. The molecular weight excluding hydrogens is 479 g/mol. The molecule has 2 aromatic heterocycles. The second-order valence-electron chi connectivity index (χ2n) is 9.96. The van der Waals surface area contributed by atoms with E-state index in [-0.39, 0.29) is 61.3 Å². The Labute approximate surface area is 212 Å². The molecule has 0 aliphatic carbocycles. The minimum absolute atomic E-state index is 0.0278. The fourth-order valence-corrected chi connectivity index (χ4v) is 5.32. The Balaban J connectivity index is 1.80. The van der Waals surface area contributed by atoms with Crippen LogP contribution in [0.25, 0.3) is 22.3 Å². The highest BCUT2D eigenvalue weighted by Gasteiger charge is 2.45. The third kappa shape index (κ3) is 3.66. The van der Waals surface area contributed by atoms with Crippen LogP contribution >= 0.6 is 0 Å². The van der Waals surface area contributed by atoms with E-state index >= 15 is 0 Å². The Kier molecular flexibility index (Phi) is 5.91. The maximum absolute atomic E-state index is 14.6. The number of ether oxygens (including phenoxy) is 1. The normalized spacial score (nSPS) is 18.0. The maximum Gasteiger partial charge on any atom is 0.343 e. The van der Waals surface area contributed by atoms with Gasteiger partial charge in [-0.3, -0.25) is 9.59 Å². The number of hydrogen-bond acceptors (Lipinski definition) is 7. The first-order valence-electron chi connectivity index (χ1n) is 12.3. The summed E-state index contributed by atoms with van der Waals surface area (Å²) in [6, 6.07) is 4.51. The van der Waals surface area contributed by atoms with Crippen LogP contribution in [0.15, 0.2) is 23.0 Å². The van der Waals surface area contributed by atoms with Crippen LogP contribution < -0.4 is 11.3 Å². The monoisotopic (exact) mass is 508 g/mol. The lowest BCUT2D eigenvalue weighted by Gasteiger charge is -2.31. The molecule has 9 nitrogen and oxygen atoms in total. The molecule has 0 unspecified atom stereocenters. The van der Waals surface area contributed by atoms with Crippen LogP contribution in [0.2, 0.25) is 0 Å². The van der Waals surface area contributed by atoms with Gasteiger partial charge in [-0.2, -0.15) is 0 Å². The van der Waals surface area contributed by atoms with E-state index < -0.39 is 17.4 Å². The molecule has 1 atom stereocenters. The van der Waals surface area contributed by atoms with Crippen LogP contribution in [0.4, 0.5) is 4.39 Å². The summed E-state index contributed by atoms with van der Waals surface area (Å²) < 4.78 is 21.3. The van der Waals surface area contributed by atoms with Gasteiger partial charge in [-0.05, 0) is 50.5 Å². The maximum atomic E-state index is 14.6. The quantitative estimate of drug-likeness (QED) is 0.396. The summed E-state index contributed by atoms with van der Waals surface area (Å²) in [4.78, 5) is 45.1. The van der Waals surface area contributed by atoms with Crippen LogP contribution in [0.5, 0.6) is 0 Å². The lowest BCUT2D eigenvalue weighted by Crippen LogP contribution is -2.44. The molecule has 1 amide bonds. The Morgan fingerprint density at radius 1 is 1.30 bits per heavy atom. The Bertz CT molecular complexity index is 1550. The Morgan fingerprint density at radius 2 is 2.03 bits per heavy atom. The molecule has 0 saturated carbocycles. The smallest absolute Gasteiger partial charge is 0.343 e. The van der Waals surface area contributed by atoms with Crippen molar-refractivity contribution in [2.75, 3.05) is 6.54 Å². The van der Waals surface area contributed by atoms with E-state index in [1.807, 2.05) is 13.8 Å². The predicted octanol–water partition coefficient (Wildman–Crippen LogP) is 2.22. The van der Waals surface area contributed by atoms with Gasteiger partial charge in [0.05, 0.1) is 35.6 Å². The molecule has 0 saturated heterocycles. The summed E-state index contributed by atoms with van der Waals surface area (Å²) in [6.07, 6.45) is 0.0278. The van der Waals surface area contributed by atoms with Gasteiger partial charge in [0.25, 0.3) is 5.56 Å². The van der Waals surface area contributed by atoms with Gasteiger partial charge in [-0.1, -0.05) is 6.92 Å². The largest absolute Gasteiger partial charge is 0.458 e. The third-order valence-corrected chi connectivity index (χ3v) is 7.53. The molecule has 194 valence electrons. The van der Waals surface area contributed by atoms with E-state index in [0.717, 1.165) is 11.1 Å².